The summed E-state index contributed by atoms with van der Waals surface area (Å²) in [4.78, 5) is 37.5. The number of quaternary nitrogens is 1. The smallest absolute Gasteiger partial charge is 0.456 e. The van der Waals surface area contributed by atoms with Crippen molar-refractivity contribution >= 4 is 19.7 Å². The second kappa shape index (κ2) is 46.9. The van der Waals surface area contributed by atoms with E-state index in [4.69, 9.17) is 13.8 Å². The fraction of sp³-hybridized carbons (Fsp3) is 0.857. The Morgan fingerprint density at radius 2 is 0.909 bits per heavy atom. The Bertz CT molecular complexity index is 1230. The van der Waals surface area contributed by atoms with Crippen molar-refractivity contribution < 1.29 is 37.3 Å². The second-order valence-corrected chi connectivity index (χ2v) is 21.6. The zero-order valence-electron chi connectivity index (χ0n) is 44.2. The number of phosphoric acid groups is 1. The Balaban J connectivity index is 5.39. The minimum atomic E-state index is -4.44. The van der Waals surface area contributed by atoms with Crippen LogP contribution in [0.3, 0.4) is 0 Å². The van der Waals surface area contributed by atoms with Crippen LogP contribution in [-0.2, 0) is 27.9 Å². The third-order valence-corrected chi connectivity index (χ3v) is 13.3. The first kappa shape index (κ1) is 64.2. The summed E-state index contributed by atoms with van der Waals surface area (Å²) >= 11 is 0. The third kappa shape index (κ3) is 47.3. The lowest BCUT2D eigenvalue weighted by atomic mass is 10.0. The molecule has 10 heteroatoms. The van der Waals surface area contributed by atoms with Crippen molar-refractivity contribution in [2.24, 2.45) is 0 Å². The second-order valence-electron chi connectivity index (χ2n) is 20.1. The molecular formula is C56H108N2O7P+. The molecule has 0 aromatic heterocycles. The molecule has 0 aromatic rings. The van der Waals surface area contributed by atoms with Crippen LogP contribution in [0.15, 0.2) is 36.5 Å². The molecule has 3 unspecified atom stereocenters. The lowest BCUT2D eigenvalue weighted by molar-refractivity contribution is -0.870. The molecule has 0 saturated heterocycles. The highest BCUT2D eigenvalue weighted by molar-refractivity contribution is 7.47. The first-order chi connectivity index (χ1) is 31.9. The van der Waals surface area contributed by atoms with Gasteiger partial charge in [-0.1, -0.05) is 225 Å². The highest BCUT2D eigenvalue weighted by Crippen LogP contribution is 2.43. The van der Waals surface area contributed by atoms with Crippen molar-refractivity contribution in [1.82, 2.24) is 5.32 Å². The van der Waals surface area contributed by atoms with E-state index in [1.165, 1.54) is 154 Å². The largest absolute Gasteiger partial charge is 0.472 e. The molecule has 0 radical (unpaired) electrons. The van der Waals surface area contributed by atoms with Crippen molar-refractivity contribution in [3.63, 3.8) is 0 Å². The predicted molar refractivity (Wildman–Crippen MR) is 282 cm³/mol. The number of esters is 1. The predicted octanol–water partition coefficient (Wildman–Crippen LogP) is 16.4. The number of rotatable bonds is 50. The standard InChI is InChI=1S/C56H107N2O7P/c1-7-10-13-16-19-22-25-27-28-29-31-33-36-39-42-45-48-55(59)57-53(52-64-66(61,62)63-51-50-58(4,5)6)54(47-44-41-38-35-32-24-21-18-15-12-9-3)65-56(60)49-46-43-40-37-34-30-26-23-20-17-14-11-8-2/h28-29,31,33,44,47,53-54H,7-27,30,32,34-43,45-46,48-52H2,1-6H3,(H-,57,59,61,62)/p+1/b29-28+,33-31+,47-44+. The normalized spacial score (nSPS) is 14.1. The van der Waals surface area contributed by atoms with Crippen LogP contribution in [0.25, 0.3) is 0 Å². The van der Waals surface area contributed by atoms with Crippen LogP contribution in [0.2, 0.25) is 0 Å². The minimum Gasteiger partial charge on any atom is -0.456 e. The summed E-state index contributed by atoms with van der Waals surface area (Å²) in [7, 11) is 1.48. The third-order valence-electron chi connectivity index (χ3n) is 12.4. The molecule has 0 rings (SSSR count). The Morgan fingerprint density at radius 3 is 1.35 bits per heavy atom. The number of unbranched alkanes of at least 4 members (excludes halogenated alkanes) is 31. The van der Waals surface area contributed by atoms with Crippen LogP contribution in [0.5, 0.6) is 0 Å². The van der Waals surface area contributed by atoms with E-state index in [1.54, 1.807) is 0 Å². The number of nitrogens with zero attached hydrogens (tertiary/aromatic N) is 1. The van der Waals surface area contributed by atoms with Gasteiger partial charge in [-0.05, 0) is 57.4 Å². The van der Waals surface area contributed by atoms with Crippen LogP contribution in [0.1, 0.15) is 258 Å². The minimum absolute atomic E-state index is 0.0369. The molecule has 66 heavy (non-hydrogen) atoms. The summed E-state index contributed by atoms with van der Waals surface area (Å²) in [6.45, 7) is 6.98. The molecule has 0 aliphatic rings. The van der Waals surface area contributed by atoms with Gasteiger partial charge in [-0.25, -0.2) is 4.57 Å². The number of ether oxygens (including phenoxy) is 1. The van der Waals surface area contributed by atoms with E-state index in [1.807, 2.05) is 33.3 Å². The Morgan fingerprint density at radius 1 is 0.530 bits per heavy atom. The number of amides is 1. The molecule has 1 amide bonds. The number of carbonyl (C=O) groups is 2. The van der Waals surface area contributed by atoms with Crippen molar-refractivity contribution in [2.45, 2.75) is 270 Å². The van der Waals surface area contributed by atoms with E-state index >= 15 is 0 Å². The molecule has 0 bridgehead atoms. The number of hydrogen-bond acceptors (Lipinski definition) is 6. The molecule has 0 aliphatic heterocycles. The highest BCUT2D eigenvalue weighted by atomic mass is 31.2. The van der Waals surface area contributed by atoms with Gasteiger partial charge in [0.05, 0.1) is 33.8 Å². The average Bonchev–Trinajstić information content (AvgIpc) is 3.27. The Labute approximate surface area is 408 Å². The van der Waals surface area contributed by atoms with Gasteiger partial charge in [-0.3, -0.25) is 18.6 Å². The van der Waals surface area contributed by atoms with Gasteiger partial charge in [-0.2, -0.15) is 0 Å². The number of carbonyl (C=O) groups excluding carboxylic acids is 2. The summed E-state index contributed by atoms with van der Waals surface area (Å²) in [6.07, 6.45) is 54.2. The van der Waals surface area contributed by atoms with Crippen LogP contribution in [-0.4, -0.2) is 74.3 Å². The number of phosphoric ester groups is 1. The molecule has 0 saturated carbocycles. The lowest BCUT2D eigenvalue weighted by Crippen LogP contribution is -2.47. The van der Waals surface area contributed by atoms with Crippen LogP contribution in [0.4, 0.5) is 0 Å². The van der Waals surface area contributed by atoms with Crippen molar-refractivity contribution in [3.8, 4) is 0 Å². The molecule has 2 N–H and O–H groups in total. The molecule has 0 heterocycles. The summed E-state index contributed by atoms with van der Waals surface area (Å²) in [5.41, 5.74) is 0. The molecular weight excluding hydrogens is 844 g/mol. The van der Waals surface area contributed by atoms with Gasteiger partial charge in [0.25, 0.3) is 0 Å². The summed E-state index contributed by atoms with van der Waals surface area (Å²) in [6, 6.07) is -0.856. The van der Waals surface area contributed by atoms with E-state index in [0.29, 0.717) is 23.9 Å². The van der Waals surface area contributed by atoms with Gasteiger partial charge < -0.3 is 19.4 Å². The molecule has 3 atom stereocenters. The zero-order valence-corrected chi connectivity index (χ0v) is 45.1. The van der Waals surface area contributed by atoms with Crippen molar-refractivity contribution in [3.05, 3.63) is 36.5 Å². The van der Waals surface area contributed by atoms with Crippen LogP contribution in [0, 0.1) is 0 Å². The highest BCUT2D eigenvalue weighted by Gasteiger charge is 2.30. The number of allylic oxidation sites excluding steroid dienone is 5. The topological polar surface area (TPSA) is 111 Å². The average molecular weight is 952 g/mol. The van der Waals surface area contributed by atoms with E-state index in [-0.39, 0.29) is 31.5 Å². The van der Waals surface area contributed by atoms with Gasteiger partial charge in [0, 0.05) is 12.8 Å². The van der Waals surface area contributed by atoms with E-state index in [2.05, 4.69) is 50.4 Å². The van der Waals surface area contributed by atoms with Crippen molar-refractivity contribution in [1.29, 1.82) is 0 Å². The summed E-state index contributed by atoms with van der Waals surface area (Å²) in [5.74, 6) is -0.529. The molecule has 9 nitrogen and oxygen atoms in total. The first-order valence-electron chi connectivity index (χ1n) is 27.8. The van der Waals surface area contributed by atoms with Crippen molar-refractivity contribution in [2.75, 3.05) is 40.9 Å². The molecule has 0 aromatic carbocycles. The van der Waals surface area contributed by atoms with Gasteiger partial charge in [0.15, 0.2) is 0 Å². The number of hydrogen-bond donors (Lipinski definition) is 2. The zero-order chi connectivity index (χ0) is 48.7. The molecule has 0 spiro atoms. The van der Waals surface area contributed by atoms with Gasteiger partial charge in [0.2, 0.25) is 5.91 Å². The summed E-state index contributed by atoms with van der Waals surface area (Å²) in [5, 5.41) is 3.03. The van der Waals surface area contributed by atoms with Gasteiger partial charge in [-0.15, -0.1) is 0 Å². The quantitative estimate of drug-likeness (QED) is 0.0156. The number of nitrogens with one attached hydrogen (secondary N) is 1. The van der Waals surface area contributed by atoms with E-state index in [0.717, 1.165) is 64.2 Å². The molecule has 0 fully saturated rings. The SMILES string of the molecule is CCCCCCCCC/C=C/C=C/CCCCCC(=O)NC(COP(=O)(O)OCC[N+](C)(C)C)C(/C=C/CCCCCCCCCCC)OC(=O)CCCCCCCCCCCCCCC. The maximum atomic E-state index is 13.4. The fourth-order valence-corrected chi connectivity index (χ4v) is 8.73. The monoisotopic (exact) mass is 952 g/mol. The van der Waals surface area contributed by atoms with E-state index < -0.39 is 20.0 Å². The summed E-state index contributed by atoms with van der Waals surface area (Å²) < 4.78 is 30.5. The van der Waals surface area contributed by atoms with E-state index in [9.17, 15) is 19.0 Å². The molecule has 388 valence electrons. The molecule has 0 aliphatic carbocycles. The maximum Gasteiger partial charge on any atom is 0.472 e. The maximum absolute atomic E-state index is 13.4. The van der Waals surface area contributed by atoms with Gasteiger partial charge >= 0.3 is 13.8 Å². The van der Waals surface area contributed by atoms with Gasteiger partial charge in [0.1, 0.15) is 19.3 Å². The lowest BCUT2D eigenvalue weighted by Gasteiger charge is -2.27. The fourth-order valence-electron chi connectivity index (χ4n) is 7.99. The Kier molecular flexibility index (Phi) is 45.7. The van der Waals surface area contributed by atoms with Crippen LogP contribution < -0.4 is 5.32 Å². The first-order valence-corrected chi connectivity index (χ1v) is 29.3. The number of likely N-dealkylation sites (N-methyl/N-ethyl adjacent to an activating group) is 1. The van der Waals surface area contributed by atoms with Crippen LogP contribution >= 0.6 is 7.82 Å². The Hall–Kier alpha value is -1.77.